The average molecular weight is 1010 g/mol. The summed E-state index contributed by atoms with van der Waals surface area (Å²) in [6.07, 6.45) is 4.63. The van der Waals surface area contributed by atoms with Gasteiger partial charge in [-0.1, -0.05) is 84.3 Å². The maximum Gasteiger partial charge on any atom is 0.253 e. The predicted molar refractivity (Wildman–Crippen MR) is 275 cm³/mol. The summed E-state index contributed by atoms with van der Waals surface area (Å²) < 4.78 is 6.39. The number of nitriles is 1. The van der Waals surface area contributed by atoms with E-state index >= 15 is 0 Å². The van der Waals surface area contributed by atoms with Crippen LogP contribution < -0.4 is 25.6 Å². The van der Waals surface area contributed by atoms with Crippen molar-refractivity contribution in [2.75, 3.05) is 44.2 Å². The standard InChI is InChI=1S/C54H68ClN9O6S/c1-33-44(71-32-59-33)35-11-9-34(10-12-35)28-58-47(68)41-25-38(65)30-64(41)48(69)45(51(2,3)4)60-43(66)31-62-21-17-54(18-22-62)19-23-63(24-20-54)42-16-14-37(29-57-42)46(67)61-49-52(5,6)50(53(49,7)8)70-39-15-13-36(27-56)40(55)26-39/h9-16,26,29,32,38,41,45,49-50,65H,17-25,28,30-31H2,1-8H3,(H,58,68)(H,60,66)(H,61,67)/t38-,41+,45-,49?,50?/m1/s1. The van der Waals surface area contributed by atoms with Crippen LogP contribution in [0.1, 0.15) is 108 Å². The number of aliphatic hydroxyl groups is 1. The molecular formula is C54H68ClN9O6S. The zero-order chi connectivity index (χ0) is 51.0. The van der Waals surface area contributed by atoms with Gasteiger partial charge in [0.05, 0.1) is 44.9 Å². The van der Waals surface area contributed by atoms with Gasteiger partial charge in [0.1, 0.15) is 35.8 Å². The number of benzene rings is 2. The van der Waals surface area contributed by atoms with Gasteiger partial charge in [-0.3, -0.25) is 24.1 Å². The second-order valence-electron chi connectivity index (χ2n) is 22.4. The number of thiazole rings is 1. The van der Waals surface area contributed by atoms with Crippen molar-refractivity contribution in [3.05, 3.63) is 93.7 Å². The minimum absolute atomic E-state index is 0.0162. The normalized spacial score (nSPS) is 23.0. The van der Waals surface area contributed by atoms with Crippen molar-refractivity contribution in [3.8, 4) is 22.3 Å². The van der Waals surface area contributed by atoms with E-state index in [-0.39, 0.29) is 78.1 Å². The molecule has 3 saturated heterocycles. The smallest absolute Gasteiger partial charge is 0.253 e. The molecule has 1 saturated carbocycles. The molecule has 1 spiro atoms. The number of amides is 4. The zero-order valence-electron chi connectivity index (χ0n) is 42.2. The maximum atomic E-state index is 14.2. The van der Waals surface area contributed by atoms with Gasteiger partial charge in [-0.15, -0.1) is 11.3 Å². The van der Waals surface area contributed by atoms with Crippen LogP contribution in [0.2, 0.25) is 5.02 Å². The van der Waals surface area contributed by atoms with Crippen molar-refractivity contribution >= 4 is 52.4 Å². The van der Waals surface area contributed by atoms with Crippen LogP contribution in [-0.4, -0.2) is 118 Å². The molecule has 0 bridgehead atoms. The lowest BCUT2D eigenvalue weighted by molar-refractivity contribution is -0.164. The maximum absolute atomic E-state index is 14.2. The van der Waals surface area contributed by atoms with Crippen molar-refractivity contribution in [1.82, 2.24) is 35.7 Å². The van der Waals surface area contributed by atoms with Crippen molar-refractivity contribution in [3.63, 3.8) is 0 Å². The van der Waals surface area contributed by atoms with Crippen LogP contribution in [0.4, 0.5) is 5.82 Å². The summed E-state index contributed by atoms with van der Waals surface area (Å²) in [7, 11) is 0. The fourth-order valence-corrected chi connectivity index (χ4v) is 12.6. The van der Waals surface area contributed by atoms with E-state index in [1.807, 2.05) is 69.6 Å². The molecule has 5 heterocycles. The lowest BCUT2D eigenvalue weighted by Gasteiger charge is -2.63. The van der Waals surface area contributed by atoms with Gasteiger partial charge in [-0.25, -0.2) is 9.97 Å². The highest BCUT2D eigenvalue weighted by molar-refractivity contribution is 7.13. The lowest BCUT2D eigenvalue weighted by Crippen LogP contribution is -2.74. The largest absolute Gasteiger partial charge is 0.489 e. The highest BCUT2D eigenvalue weighted by atomic mass is 35.5. The third kappa shape index (κ3) is 11.1. The minimum Gasteiger partial charge on any atom is -0.489 e. The van der Waals surface area contributed by atoms with E-state index in [1.165, 1.54) is 4.90 Å². The molecule has 2 aromatic carbocycles. The van der Waals surface area contributed by atoms with Gasteiger partial charge in [-0.2, -0.15) is 5.26 Å². The van der Waals surface area contributed by atoms with E-state index in [1.54, 1.807) is 35.7 Å². The molecule has 378 valence electrons. The Morgan fingerprint density at radius 2 is 1.63 bits per heavy atom. The Morgan fingerprint density at radius 1 is 0.958 bits per heavy atom. The number of rotatable bonds is 13. The van der Waals surface area contributed by atoms with E-state index in [2.05, 4.69) is 64.5 Å². The molecule has 3 aliphatic heterocycles. The second kappa shape index (κ2) is 20.5. The van der Waals surface area contributed by atoms with Gasteiger partial charge in [0.15, 0.2) is 0 Å². The van der Waals surface area contributed by atoms with Gasteiger partial charge in [0.2, 0.25) is 17.7 Å². The molecule has 15 nitrogen and oxygen atoms in total. The number of pyridine rings is 1. The Balaban J connectivity index is 0.784. The Kier molecular flexibility index (Phi) is 14.9. The number of aromatic nitrogens is 2. The highest BCUT2D eigenvalue weighted by Gasteiger charge is 2.64. The molecule has 1 aliphatic carbocycles. The number of halogens is 1. The van der Waals surface area contributed by atoms with Crippen LogP contribution >= 0.6 is 22.9 Å². The molecule has 8 rings (SSSR count). The molecule has 4 aromatic rings. The van der Waals surface area contributed by atoms with E-state index in [4.69, 9.17) is 21.3 Å². The zero-order valence-corrected chi connectivity index (χ0v) is 43.8. The third-order valence-electron chi connectivity index (χ3n) is 15.6. The summed E-state index contributed by atoms with van der Waals surface area (Å²) in [6, 6.07) is 16.9. The summed E-state index contributed by atoms with van der Waals surface area (Å²) in [4.78, 5) is 71.2. The first kappa shape index (κ1) is 51.7. The SMILES string of the molecule is Cc1ncsc1-c1ccc(CNC(=O)[C@@H]2C[C@@H](O)CN2C(=O)[C@@H](NC(=O)CN2CCC3(CC2)CCN(c2ccc(C(=O)NC4C(C)(C)C(Oc5ccc(C#N)c(Cl)c5)C4(C)C)cn2)CC3)C(C)(C)C)cc1. The molecular weight excluding hydrogens is 938 g/mol. The monoisotopic (exact) mass is 1010 g/mol. The van der Waals surface area contributed by atoms with Gasteiger partial charge in [-0.05, 0) is 91.9 Å². The number of aliphatic hydroxyl groups excluding tert-OH is 1. The number of aryl methyl sites for hydroxylation is 1. The molecule has 4 aliphatic rings. The van der Waals surface area contributed by atoms with Crippen LogP contribution in [0.5, 0.6) is 5.75 Å². The first-order chi connectivity index (χ1) is 33.6. The minimum atomic E-state index is -0.895. The quantitative estimate of drug-likeness (QED) is 0.106. The van der Waals surface area contributed by atoms with Gasteiger partial charge >= 0.3 is 0 Å². The number of piperidine rings is 2. The molecule has 0 radical (unpaired) electrons. The number of hydrogen-bond donors (Lipinski definition) is 4. The number of carbonyl (C=O) groups excluding carboxylic acids is 4. The average Bonchev–Trinajstić information content (AvgIpc) is 3.96. The number of ether oxygens (including phenoxy) is 1. The van der Waals surface area contributed by atoms with Crippen molar-refractivity contribution in [2.24, 2.45) is 21.7 Å². The van der Waals surface area contributed by atoms with E-state index < -0.39 is 23.6 Å². The lowest BCUT2D eigenvalue weighted by atomic mass is 9.49. The highest BCUT2D eigenvalue weighted by Crippen LogP contribution is 2.55. The van der Waals surface area contributed by atoms with Crippen molar-refractivity contribution in [1.29, 1.82) is 5.26 Å². The fourth-order valence-electron chi connectivity index (χ4n) is 11.6. The van der Waals surface area contributed by atoms with Crippen LogP contribution in [0.15, 0.2) is 66.3 Å². The molecule has 4 fully saturated rings. The predicted octanol–water partition coefficient (Wildman–Crippen LogP) is 7.14. The summed E-state index contributed by atoms with van der Waals surface area (Å²) in [5.74, 6) is 0.273. The Labute approximate surface area is 426 Å². The number of likely N-dealkylation sites (tertiary alicyclic amines) is 2. The van der Waals surface area contributed by atoms with Crippen LogP contribution in [-0.2, 0) is 20.9 Å². The molecule has 17 heteroatoms. The first-order valence-corrected chi connectivity index (χ1v) is 26.0. The number of anilines is 1. The fraction of sp³-hybridized carbons (Fsp3) is 0.537. The topological polar surface area (TPSA) is 193 Å². The molecule has 4 N–H and O–H groups in total. The number of β-amino-alcohol motifs (C(OH)–C–C–N with tert-alkyl or cyclic N) is 1. The second-order valence-corrected chi connectivity index (χ2v) is 23.7. The van der Waals surface area contributed by atoms with Crippen molar-refractivity contribution < 1.29 is 29.0 Å². The molecule has 4 amide bonds. The van der Waals surface area contributed by atoms with Crippen LogP contribution in [0.3, 0.4) is 0 Å². The van der Waals surface area contributed by atoms with E-state index in [0.29, 0.717) is 21.9 Å². The number of nitrogens with one attached hydrogen (secondary N) is 3. The molecule has 2 aromatic heterocycles. The Bertz CT molecular complexity index is 2630. The van der Waals surface area contributed by atoms with Crippen molar-refractivity contribution in [2.45, 2.75) is 124 Å². The van der Waals surface area contributed by atoms with Crippen LogP contribution in [0, 0.1) is 39.9 Å². The molecule has 71 heavy (non-hydrogen) atoms. The number of hydrogen-bond acceptors (Lipinski definition) is 12. The van der Waals surface area contributed by atoms with E-state index in [9.17, 15) is 29.5 Å². The van der Waals surface area contributed by atoms with Gasteiger partial charge in [0, 0.05) is 61.7 Å². The van der Waals surface area contributed by atoms with Gasteiger partial charge < -0.3 is 35.6 Å². The number of nitrogens with zero attached hydrogens (tertiary/aromatic N) is 6. The molecule has 3 atom stereocenters. The molecule has 0 unspecified atom stereocenters. The van der Waals surface area contributed by atoms with E-state index in [0.717, 1.165) is 79.4 Å². The Morgan fingerprint density at radius 3 is 2.23 bits per heavy atom. The Hall–Kier alpha value is -5.60. The summed E-state index contributed by atoms with van der Waals surface area (Å²) in [6.45, 7) is 19.7. The van der Waals surface area contributed by atoms with Gasteiger partial charge in [0.25, 0.3) is 5.91 Å². The van der Waals surface area contributed by atoms with Crippen LogP contribution in [0.25, 0.3) is 10.4 Å². The summed E-state index contributed by atoms with van der Waals surface area (Å²) in [5, 5.41) is 29.5. The first-order valence-electron chi connectivity index (χ1n) is 24.7. The number of carbonyl (C=O) groups is 4. The third-order valence-corrected chi connectivity index (χ3v) is 16.9. The summed E-state index contributed by atoms with van der Waals surface area (Å²) in [5.41, 5.74) is 4.37. The summed E-state index contributed by atoms with van der Waals surface area (Å²) >= 11 is 7.85.